The summed E-state index contributed by atoms with van der Waals surface area (Å²) in [5.41, 5.74) is 2.67. The molecule has 6 nitrogen and oxygen atoms in total. The van der Waals surface area contributed by atoms with E-state index >= 15 is 0 Å². The van der Waals surface area contributed by atoms with Gasteiger partial charge < -0.3 is 15.2 Å². The third kappa shape index (κ3) is 3.54. The summed E-state index contributed by atoms with van der Waals surface area (Å²) >= 11 is 1.42. The molecule has 0 bridgehead atoms. The Morgan fingerprint density at radius 2 is 2.17 bits per heavy atom. The van der Waals surface area contributed by atoms with Crippen molar-refractivity contribution in [1.29, 1.82) is 0 Å². The molecule has 2 aromatic carbocycles. The Morgan fingerprint density at radius 3 is 3.03 bits per heavy atom. The number of para-hydroxylation sites is 1. The van der Waals surface area contributed by atoms with Crippen molar-refractivity contribution < 1.29 is 14.0 Å². The van der Waals surface area contributed by atoms with Gasteiger partial charge in [-0.1, -0.05) is 23.5 Å². The highest BCUT2D eigenvalue weighted by atomic mass is 32.1. The van der Waals surface area contributed by atoms with Crippen LogP contribution in [0.2, 0.25) is 0 Å². The molecule has 3 heterocycles. The second-order valence-electron chi connectivity index (χ2n) is 7.47. The lowest BCUT2D eigenvalue weighted by atomic mass is 10.1. The molecule has 5 rings (SSSR count). The molecule has 1 fully saturated rings. The van der Waals surface area contributed by atoms with Crippen molar-refractivity contribution >= 4 is 49.4 Å². The minimum absolute atomic E-state index is 0.0366. The van der Waals surface area contributed by atoms with E-state index in [2.05, 4.69) is 15.3 Å². The fourth-order valence-corrected chi connectivity index (χ4v) is 4.78. The fourth-order valence-electron chi connectivity index (χ4n) is 3.91. The number of hydrogen-bond donors (Lipinski definition) is 2. The minimum atomic E-state index is -0.398. The van der Waals surface area contributed by atoms with E-state index in [0.29, 0.717) is 24.6 Å². The van der Waals surface area contributed by atoms with E-state index in [1.54, 1.807) is 11.0 Å². The Morgan fingerprint density at radius 1 is 1.30 bits per heavy atom. The lowest BCUT2D eigenvalue weighted by molar-refractivity contribution is -0.128. The maximum absolute atomic E-state index is 13.6. The van der Waals surface area contributed by atoms with Crippen LogP contribution in [0, 0.1) is 11.7 Å². The zero-order valence-corrected chi connectivity index (χ0v) is 16.8. The molecule has 4 aromatic rings. The van der Waals surface area contributed by atoms with Gasteiger partial charge in [0.2, 0.25) is 11.8 Å². The van der Waals surface area contributed by atoms with Crippen LogP contribution in [0.5, 0.6) is 0 Å². The highest BCUT2D eigenvalue weighted by Crippen LogP contribution is 2.27. The van der Waals surface area contributed by atoms with Crippen molar-refractivity contribution in [2.75, 3.05) is 18.4 Å². The van der Waals surface area contributed by atoms with Gasteiger partial charge in [-0.05, 0) is 42.3 Å². The number of fused-ring (bicyclic) bond motifs is 2. The normalized spacial score (nSPS) is 16.6. The Labute approximate surface area is 175 Å². The number of amides is 2. The lowest BCUT2D eigenvalue weighted by Crippen LogP contribution is -2.29. The van der Waals surface area contributed by atoms with Gasteiger partial charge in [-0.3, -0.25) is 9.59 Å². The van der Waals surface area contributed by atoms with Gasteiger partial charge in [0, 0.05) is 36.6 Å². The number of likely N-dealkylation sites (tertiary alicyclic amines) is 1. The molecule has 0 radical (unpaired) electrons. The van der Waals surface area contributed by atoms with Crippen LogP contribution in [0.25, 0.3) is 21.1 Å². The molecule has 1 aliphatic rings. The van der Waals surface area contributed by atoms with Gasteiger partial charge in [0.25, 0.3) is 0 Å². The van der Waals surface area contributed by atoms with E-state index in [0.717, 1.165) is 26.7 Å². The first-order valence-corrected chi connectivity index (χ1v) is 10.6. The van der Waals surface area contributed by atoms with E-state index in [4.69, 9.17) is 0 Å². The van der Waals surface area contributed by atoms with E-state index in [1.165, 1.54) is 23.5 Å². The summed E-state index contributed by atoms with van der Waals surface area (Å²) in [6.45, 7) is 0.874. The van der Waals surface area contributed by atoms with Gasteiger partial charge in [-0.25, -0.2) is 9.37 Å². The molecule has 2 aromatic heterocycles. The smallest absolute Gasteiger partial charge is 0.231 e. The monoisotopic (exact) mass is 422 g/mol. The zero-order valence-electron chi connectivity index (χ0n) is 16.0. The Bertz CT molecular complexity index is 1230. The second kappa shape index (κ2) is 7.53. The number of thiazole rings is 1. The zero-order chi connectivity index (χ0) is 20.7. The number of nitrogens with one attached hydrogen (secondary N) is 2. The molecule has 0 spiro atoms. The number of halogens is 1. The number of carbonyl (C=O) groups excluding carboxylic acids is 2. The number of rotatable bonds is 5. The van der Waals surface area contributed by atoms with Gasteiger partial charge >= 0.3 is 0 Å². The molecule has 1 aliphatic heterocycles. The Balaban J connectivity index is 1.22. The average Bonchev–Trinajstić information content (AvgIpc) is 3.42. The topological polar surface area (TPSA) is 78.1 Å². The third-order valence-electron chi connectivity index (χ3n) is 5.49. The average molecular weight is 422 g/mol. The van der Waals surface area contributed by atoms with Crippen LogP contribution in [0.4, 0.5) is 9.52 Å². The predicted molar refractivity (Wildman–Crippen MR) is 115 cm³/mol. The maximum atomic E-state index is 13.6. The predicted octanol–water partition coefficient (Wildman–Crippen LogP) is 3.95. The van der Waals surface area contributed by atoms with E-state index < -0.39 is 5.92 Å². The minimum Gasteiger partial charge on any atom is -0.361 e. The van der Waals surface area contributed by atoms with Crippen LogP contribution in [-0.4, -0.2) is 39.8 Å². The molecular formula is C22H19FN4O2S. The summed E-state index contributed by atoms with van der Waals surface area (Å²) in [5, 5.41) is 4.23. The molecule has 0 saturated carbocycles. The molecule has 0 aliphatic carbocycles. The second-order valence-corrected chi connectivity index (χ2v) is 8.50. The van der Waals surface area contributed by atoms with Gasteiger partial charge in [-0.2, -0.15) is 0 Å². The van der Waals surface area contributed by atoms with Crippen molar-refractivity contribution in [3.8, 4) is 0 Å². The number of benzene rings is 2. The fraction of sp³-hybridized carbons (Fsp3) is 0.227. The number of aromatic amines is 1. The number of aromatic nitrogens is 2. The SMILES string of the molecule is O=C(Nc1nc2ccccc2s1)C1CC(=O)N(CCc2c[nH]c3ccc(F)cc23)C1. The van der Waals surface area contributed by atoms with Crippen LogP contribution < -0.4 is 5.32 Å². The maximum Gasteiger partial charge on any atom is 0.231 e. The van der Waals surface area contributed by atoms with Crippen LogP contribution in [-0.2, 0) is 16.0 Å². The van der Waals surface area contributed by atoms with Crippen LogP contribution in [0.15, 0.2) is 48.7 Å². The van der Waals surface area contributed by atoms with Crippen LogP contribution in [0.3, 0.4) is 0 Å². The molecule has 1 unspecified atom stereocenters. The quantitative estimate of drug-likeness (QED) is 0.511. The number of anilines is 1. The first-order chi connectivity index (χ1) is 14.6. The van der Waals surface area contributed by atoms with Gasteiger partial charge in [0.05, 0.1) is 16.1 Å². The van der Waals surface area contributed by atoms with Crippen LogP contribution in [0.1, 0.15) is 12.0 Å². The van der Waals surface area contributed by atoms with Crippen molar-refractivity contribution in [2.24, 2.45) is 5.92 Å². The Kier molecular flexibility index (Phi) is 4.71. The summed E-state index contributed by atoms with van der Waals surface area (Å²) < 4.78 is 14.6. The molecule has 2 amide bonds. The van der Waals surface area contributed by atoms with Gasteiger partial charge in [0.1, 0.15) is 5.82 Å². The number of carbonyl (C=O) groups is 2. The number of hydrogen-bond acceptors (Lipinski definition) is 4. The first kappa shape index (κ1) is 18.7. The standard InChI is InChI=1S/C22H19FN4O2S/c23-15-5-6-17-16(10-15)13(11-24-17)7-8-27-12-14(9-20(27)28)21(29)26-22-25-18-3-1-2-4-19(18)30-22/h1-6,10-11,14,24H,7-9,12H2,(H,25,26,29). The molecule has 8 heteroatoms. The summed E-state index contributed by atoms with van der Waals surface area (Å²) in [6, 6.07) is 12.3. The molecule has 30 heavy (non-hydrogen) atoms. The van der Waals surface area contributed by atoms with Crippen molar-refractivity contribution in [3.63, 3.8) is 0 Å². The summed E-state index contributed by atoms with van der Waals surface area (Å²) in [7, 11) is 0. The Hall–Kier alpha value is -3.26. The van der Waals surface area contributed by atoms with E-state index in [1.807, 2.05) is 30.5 Å². The molecule has 152 valence electrons. The van der Waals surface area contributed by atoms with Gasteiger partial charge in [-0.15, -0.1) is 0 Å². The first-order valence-electron chi connectivity index (χ1n) is 9.76. The van der Waals surface area contributed by atoms with Crippen molar-refractivity contribution in [1.82, 2.24) is 14.9 Å². The van der Waals surface area contributed by atoms with Gasteiger partial charge in [0.15, 0.2) is 5.13 Å². The van der Waals surface area contributed by atoms with E-state index in [9.17, 15) is 14.0 Å². The summed E-state index contributed by atoms with van der Waals surface area (Å²) in [5.74, 6) is -0.901. The largest absolute Gasteiger partial charge is 0.361 e. The summed E-state index contributed by atoms with van der Waals surface area (Å²) in [4.78, 5) is 34.3. The van der Waals surface area contributed by atoms with E-state index in [-0.39, 0.29) is 24.1 Å². The highest BCUT2D eigenvalue weighted by molar-refractivity contribution is 7.22. The third-order valence-corrected chi connectivity index (χ3v) is 6.44. The number of nitrogens with zero attached hydrogens (tertiary/aromatic N) is 2. The lowest BCUT2D eigenvalue weighted by Gasteiger charge is -2.16. The summed E-state index contributed by atoms with van der Waals surface area (Å²) in [6.07, 6.45) is 2.64. The molecule has 2 N–H and O–H groups in total. The molecule has 1 atom stereocenters. The van der Waals surface area contributed by atoms with Crippen molar-refractivity contribution in [3.05, 3.63) is 60.0 Å². The van der Waals surface area contributed by atoms with Crippen molar-refractivity contribution in [2.45, 2.75) is 12.8 Å². The number of H-pyrrole nitrogens is 1. The highest BCUT2D eigenvalue weighted by Gasteiger charge is 2.34. The molecule has 1 saturated heterocycles. The van der Waals surface area contributed by atoms with Crippen LogP contribution >= 0.6 is 11.3 Å². The molecular weight excluding hydrogens is 403 g/mol.